The molecule has 1 fully saturated rings. The highest BCUT2D eigenvalue weighted by Gasteiger charge is 2.29. The SMILES string of the molecule is C=CC(=O)N1CCN(C(=O)c2ccc(=O)n(-c3ccc(F)cc3)c2)[C@@H](C)C1. The quantitative estimate of drug-likeness (QED) is 0.776. The molecule has 0 spiro atoms. The maximum Gasteiger partial charge on any atom is 0.255 e. The van der Waals surface area contributed by atoms with Gasteiger partial charge in [-0.1, -0.05) is 6.58 Å². The van der Waals surface area contributed by atoms with Gasteiger partial charge in [0.2, 0.25) is 5.91 Å². The van der Waals surface area contributed by atoms with Crippen LogP contribution >= 0.6 is 0 Å². The van der Waals surface area contributed by atoms with Crippen LogP contribution in [0, 0.1) is 5.82 Å². The maximum atomic E-state index is 13.1. The number of rotatable bonds is 3. The van der Waals surface area contributed by atoms with E-state index in [-0.39, 0.29) is 23.4 Å². The molecule has 1 aromatic carbocycles. The first-order valence-corrected chi connectivity index (χ1v) is 8.61. The molecule has 27 heavy (non-hydrogen) atoms. The van der Waals surface area contributed by atoms with E-state index in [0.29, 0.717) is 30.9 Å². The lowest BCUT2D eigenvalue weighted by Gasteiger charge is -2.39. The van der Waals surface area contributed by atoms with Gasteiger partial charge in [0, 0.05) is 43.6 Å². The molecule has 2 amide bonds. The van der Waals surface area contributed by atoms with Crippen LogP contribution in [0.1, 0.15) is 17.3 Å². The first-order chi connectivity index (χ1) is 12.9. The Kier molecular flexibility index (Phi) is 5.21. The van der Waals surface area contributed by atoms with Crippen LogP contribution in [0.3, 0.4) is 0 Å². The number of hydrogen-bond donors (Lipinski definition) is 0. The van der Waals surface area contributed by atoms with E-state index in [2.05, 4.69) is 6.58 Å². The highest BCUT2D eigenvalue weighted by Crippen LogP contribution is 2.15. The number of halogens is 1. The average molecular weight is 369 g/mol. The molecule has 2 heterocycles. The summed E-state index contributed by atoms with van der Waals surface area (Å²) in [6.07, 6.45) is 2.73. The van der Waals surface area contributed by atoms with Crippen molar-refractivity contribution in [1.82, 2.24) is 14.4 Å². The van der Waals surface area contributed by atoms with Gasteiger partial charge in [-0.25, -0.2) is 4.39 Å². The fraction of sp³-hybridized carbons (Fsp3) is 0.250. The van der Waals surface area contributed by atoms with E-state index < -0.39 is 5.82 Å². The van der Waals surface area contributed by atoms with Crippen molar-refractivity contribution >= 4 is 11.8 Å². The van der Waals surface area contributed by atoms with Gasteiger partial charge >= 0.3 is 0 Å². The Morgan fingerprint density at radius 2 is 1.85 bits per heavy atom. The van der Waals surface area contributed by atoms with Crippen LogP contribution in [0.25, 0.3) is 5.69 Å². The van der Waals surface area contributed by atoms with Gasteiger partial charge in [-0.3, -0.25) is 19.0 Å². The third kappa shape index (κ3) is 3.81. The predicted octanol–water partition coefficient (Wildman–Crippen LogP) is 1.84. The zero-order valence-corrected chi connectivity index (χ0v) is 15.0. The average Bonchev–Trinajstić information content (AvgIpc) is 2.68. The largest absolute Gasteiger partial charge is 0.335 e. The van der Waals surface area contributed by atoms with Crippen molar-refractivity contribution in [3.63, 3.8) is 0 Å². The summed E-state index contributed by atoms with van der Waals surface area (Å²) >= 11 is 0. The van der Waals surface area contributed by atoms with Crippen LogP contribution in [-0.2, 0) is 4.79 Å². The zero-order valence-electron chi connectivity index (χ0n) is 15.0. The minimum Gasteiger partial charge on any atom is -0.335 e. The van der Waals surface area contributed by atoms with Crippen molar-refractivity contribution in [3.05, 3.63) is 77.0 Å². The second-order valence-electron chi connectivity index (χ2n) is 6.44. The molecule has 6 nitrogen and oxygen atoms in total. The lowest BCUT2D eigenvalue weighted by Crippen LogP contribution is -2.55. The van der Waals surface area contributed by atoms with Crippen molar-refractivity contribution in [2.24, 2.45) is 0 Å². The minimum absolute atomic E-state index is 0.154. The van der Waals surface area contributed by atoms with Crippen molar-refractivity contribution in [3.8, 4) is 5.69 Å². The molecule has 7 heteroatoms. The molecule has 1 aliphatic rings. The van der Waals surface area contributed by atoms with E-state index in [1.54, 1.807) is 9.80 Å². The van der Waals surface area contributed by atoms with Gasteiger partial charge in [0.1, 0.15) is 5.82 Å². The highest BCUT2D eigenvalue weighted by atomic mass is 19.1. The number of amides is 2. The molecule has 0 radical (unpaired) electrons. The predicted molar refractivity (Wildman–Crippen MR) is 99.3 cm³/mol. The Bertz CT molecular complexity index is 936. The van der Waals surface area contributed by atoms with Crippen LogP contribution < -0.4 is 5.56 Å². The summed E-state index contributed by atoms with van der Waals surface area (Å²) in [6.45, 7) is 6.61. The summed E-state index contributed by atoms with van der Waals surface area (Å²) in [5.74, 6) is -0.775. The van der Waals surface area contributed by atoms with E-state index in [1.165, 1.54) is 53.2 Å². The van der Waals surface area contributed by atoms with Crippen molar-refractivity contribution in [2.45, 2.75) is 13.0 Å². The lowest BCUT2D eigenvalue weighted by molar-refractivity contribution is -0.128. The Hall–Kier alpha value is -3.22. The highest BCUT2D eigenvalue weighted by molar-refractivity contribution is 5.94. The second-order valence-corrected chi connectivity index (χ2v) is 6.44. The third-order valence-corrected chi connectivity index (χ3v) is 4.64. The summed E-state index contributed by atoms with van der Waals surface area (Å²) in [6, 6.07) is 8.11. The molecule has 2 aromatic rings. The number of carbonyl (C=O) groups excluding carboxylic acids is 2. The summed E-state index contributed by atoms with van der Waals surface area (Å²) in [4.78, 5) is 40.2. The smallest absolute Gasteiger partial charge is 0.255 e. The van der Waals surface area contributed by atoms with E-state index in [9.17, 15) is 18.8 Å². The molecule has 3 rings (SSSR count). The number of carbonyl (C=O) groups is 2. The number of pyridine rings is 1. The van der Waals surface area contributed by atoms with E-state index >= 15 is 0 Å². The van der Waals surface area contributed by atoms with Gasteiger partial charge in [-0.05, 0) is 43.3 Å². The van der Waals surface area contributed by atoms with Crippen molar-refractivity contribution in [1.29, 1.82) is 0 Å². The van der Waals surface area contributed by atoms with Crippen LogP contribution in [0.4, 0.5) is 4.39 Å². The topological polar surface area (TPSA) is 62.6 Å². The monoisotopic (exact) mass is 369 g/mol. The molecule has 0 bridgehead atoms. The number of nitrogens with zero attached hydrogens (tertiary/aromatic N) is 3. The molecule has 1 atom stereocenters. The molecule has 140 valence electrons. The second kappa shape index (κ2) is 7.57. The molecular formula is C20H20FN3O3. The molecule has 0 unspecified atom stereocenters. The van der Waals surface area contributed by atoms with Gasteiger partial charge in [0.05, 0.1) is 5.56 Å². The Morgan fingerprint density at radius 3 is 2.48 bits per heavy atom. The van der Waals surface area contributed by atoms with Crippen LogP contribution in [0.5, 0.6) is 0 Å². The minimum atomic E-state index is -0.403. The Labute approximate surface area is 156 Å². The van der Waals surface area contributed by atoms with Gasteiger partial charge < -0.3 is 9.80 Å². The zero-order chi connectivity index (χ0) is 19.6. The Balaban J connectivity index is 1.84. The molecular weight excluding hydrogens is 349 g/mol. The third-order valence-electron chi connectivity index (χ3n) is 4.64. The first-order valence-electron chi connectivity index (χ1n) is 8.61. The fourth-order valence-electron chi connectivity index (χ4n) is 3.17. The standard InChI is InChI=1S/C20H20FN3O3/c1-3-18(25)22-10-11-23(14(2)12-22)20(27)15-4-9-19(26)24(13-15)17-7-5-16(21)6-8-17/h3-9,13-14H,1,10-12H2,2H3/t14-/m0/s1. The summed E-state index contributed by atoms with van der Waals surface area (Å²) < 4.78 is 14.4. The summed E-state index contributed by atoms with van der Waals surface area (Å²) in [5, 5.41) is 0. The van der Waals surface area contributed by atoms with Crippen molar-refractivity contribution < 1.29 is 14.0 Å². The number of aromatic nitrogens is 1. The van der Waals surface area contributed by atoms with Crippen LogP contribution in [0.15, 0.2) is 60.0 Å². The maximum absolute atomic E-state index is 13.1. The molecule has 1 saturated heterocycles. The Morgan fingerprint density at radius 1 is 1.15 bits per heavy atom. The van der Waals surface area contributed by atoms with Gasteiger partial charge in [0.25, 0.3) is 11.5 Å². The fourth-order valence-corrected chi connectivity index (χ4v) is 3.17. The van der Waals surface area contributed by atoms with Crippen molar-refractivity contribution in [2.75, 3.05) is 19.6 Å². The van der Waals surface area contributed by atoms with Crippen LogP contribution in [-0.4, -0.2) is 51.9 Å². The first kappa shape index (κ1) is 18.6. The number of hydrogen-bond acceptors (Lipinski definition) is 3. The van der Waals surface area contributed by atoms with E-state index in [4.69, 9.17) is 0 Å². The normalized spacial score (nSPS) is 16.9. The van der Waals surface area contributed by atoms with E-state index in [1.807, 2.05) is 6.92 Å². The molecule has 0 saturated carbocycles. The molecule has 1 aromatic heterocycles. The molecule has 1 aliphatic heterocycles. The summed E-state index contributed by atoms with van der Waals surface area (Å²) in [7, 11) is 0. The number of piperazine rings is 1. The molecule has 0 aliphatic carbocycles. The summed E-state index contributed by atoms with van der Waals surface area (Å²) in [5.41, 5.74) is 0.521. The van der Waals surface area contributed by atoms with E-state index in [0.717, 1.165) is 0 Å². The van der Waals surface area contributed by atoms with Gasteiger partial charge in [0.15, 0.2) is 0 Å². The number of benzene rings is 1. The lowest BCUT2D eigenvalue weighted by atomic mass is 10.1. The van der Waals surface area contributed by atoms with Gasteiger partial charge in [-0.2, -0.15) is 0 Å². The van der Waals surface area contributed by atoms with Crippen LogP contribution in [0.2, 0.25) is 0 Å². The van der Waals surface area contributed by atoms with Gasteiger partial charge in [-0.15, -0.1) is 0 Å². The molecule has 0 N–H and O–H groups in total.